The molecule has 5 aromatic rings. The van der Waals surface area contributed by atoms with Crippen molar-refractivity contribution in [1.82, 2.24) is 4.98 Å². The molecule has 35 heavy (non-hydrogen) atoms. The van der Waals surface area contributed by atoms with Crippen molar-refractivity contribution in [2.45, 2.75) is 13.2 Å². The second kappa shape index (κ2) is 10.4. The minimum Gasteiger partial charge on any atom is -0.488 e. The smallest absolute Gasteiger partial charge is 0.228 e. The molecule has 5 rings (SSSR count). The molecule has 0 unspecified atom stereocenters. The van der Waals surface area contributed by atoms with Crippen molar-refractivity contribution in [3.8, 4) is 17.2 Å². The normalized spacial score (nSPS) is 11.1. The maximum atomic E-state index is 6.31. The molecule has 8 heteroatoms. The van der Waals surface area contributed by atoms with Crippen molar-refractivity contribution in [3.63, 3.8) is 0 Å². The van der Waals surface area contributed by atoms with Crippen LogP contribution in [0.2, 0.25) is 20.1 Å². The van der Waals surface area contributed by atoms with Gasteiger partial charge in [-0.05, 0) is 54.6 Å². The van der Waals surface area contributed by atoms with E-state index in [4.69, 9.17) is 55.6 Å². The summed E-state index contributed by atoms with van der Waals surface area (Å²) < 4.78 is 12.0. The lowest BCUT2D eigenvalue weighted by atomic mass is 10.2. The number of halogens is 4. The number of benzene rings is 4. The number of ether oxygens (including phenoxy) is 1. The Hall–Kier alpha value is -2.89. The highest BCUT2D eigenvalue weighted by molar-refractivity contribution is 6.36. The average Bonchev–Trinajstić information content (AvgIpc) is 3.26. The summed E-state index contributed by atoms with van der Waals surface area (Å²) in [6, 6.07) is 24.2. The average molecular weight is 544 g/mol. The Morgan fingerprint density at radius 2 is 1.60 bits per heavy atom. The zero-order valence-corrected chi connectivity index (χ0v) is 21.2. The Kier molecular flexibility index (Phi) is 7.07. The van der Waals surface area contributed by atoms with Gasteiger partial charge in [-0.1, -0.05) is 70.7 Å². The fraction of sp³-hybridized carbons (Fsp3) is 0.0741. The van der Waals surface area contributed by atoms with Gasteiger partial charge < -0.3 is 14.5 Å². The van der Waals surface area contributed by atoms with Crippen molar-refractivity contribution in [1.29, 1.82) is 0 Å². The van der Waals surface area contributed by atoms with E-state index >= 15 is 0 Å². The third-order valence-electron chi connectivity index (χ3n) is 5.44. The molecule has 1 aromatic heterocycles. The summed E-state index contributed by atoms with van der Waals surface area (Å²) >= 11 is 24.9. The highest BCUT2D eigenvalue weighted by Crippen LogP contribution is 2.33. The van der Waals surface area contributed by atoms with Crippen LogP contribution in [-0.2, 0) is 13.2 Å². The number of fused-ring (bicyclic) bond motifs is 1. The number of anilines is 1. The van der Waals surface area contributed by atoms with Crippen LogP contribution in [-0.4, -0.2) is 4.98 Å². The quantitative estimate of drug-likeness (QED) is 0.222. The Morgan fingerprint density at radius 3 is 2.40 bits per heavy atom. The molecule has 0 saturated carbocycles. The molecule has 1 N–H and O–H groups in total. The van der Waals surface area contributed by atoms with E-state index in [1.165, 1.54) is 0 Å². The summed E-state index contributed by atoms with van der Waals surface area (Å²) in [5, 5.41) is 5.62. The first-order valence-electron chi connectivity index (χ1n) is 10.7. The van der Waals surface area contributed by atoms with E-state index in [1.807, 2.05) is 48.5 Å². The predicted molar refractivity (Wildman–Crippen MR) is 144 cm³/mol. The number of oxazole rings is 1. The molecule has 4 aromatic carbocycles. The van der Waals surface area contributed by atoms with Crippen LogP contribution >= 0.6 is 46.4 Å². The Bertz CT molecular complexity index is 1500. The molecule has 0 fully saturated rings. The van der Waals surface area contributed by atoms with Crippen LogP contribution in [0.4, 0.5) is 5.69 Å². The maximum Gasteiger partial charge on any atom is 0.228 e. The molecular formula is C27H18Cl4N2O2. The highest BCUT2D eigenvalue weighted by atomic mass is 35.5. The lowest BCUT2D eigenvalue weighted by Crippen LogP contribution is -2.04. The number of para-hydroxylation sites is 1. The van der Waals surface area contributed by atoms with Gasteiger partial charge in [0.25, 0.3) is 0 Å². The number of hydrogen-bond acceptors (Lipinski definition) is 4. The molecular weight excluding hydrogens is 526 g/mol. The van der Waals surface area contributed by atoms with Gasteiger partial charge >= 0.3 is 0 Å². The van der Waals surface area contributed by atoms with Crippen molar-refractivity contribution in [2.75, 3.05) is 5.32 Å². The van der Waals surface area contributed by atoms with E-state index in [1.54, 1.807) is 30.3 Å². The summed E-state index contributed by atoms with van der Waals surface area (Å²) in [5.41, 5.74) is 4.71. The van der Waals surface area contributed by atoms with Gasteiger partial charge in [0.05, 0.1) is 10.6 Å². The summed E-state index contributed by atoms with van der Waals surface area (Å²) in [5.74, 6) is 1.19. The standard InChI is InChI=1S/C27H18Cl4N2O2/c28-17-8-10-19(23(31)12-17)27-33-24-13-18(9-11-26(24)35-27)32-14-16-4-1-2-7-25(16)34-15-20-21(29)5-3-6-22(20)30/h1-13,32H,14-15H2. The number of nitrogens with zero attached hydrogens (tertiary/aromatic N) is 1. The Morgan fingerprint density at radius 1 is 0.800 bits per heavy atom. The minimum atomic E-state index is 0.274. The van der Waals surface area contributed by atoms with Crippen molar-refractivity contribution in [2.24, 2.45) is 0 Å². The monoisotopic (exact) mass is 542 g/mol. The minimum absolute atomic E-state index is 0.274. The second-order valence-electron chi connectivity index (χ2n) is 7.78. The van der Waals surface area contributed by atoms with Crippen LogP contribution in [0.3, 0.4) is 0 Å². The lowest BCUT2D eigenvalue weighted by molar-refractivity contribution is 0.303. The topological polar surface area (TPSA) is 47.3 Å². The van der Waals surface area contributed by atoms with Crippen LogP contribution in [0.15, 0.2) is 83.3 Å². The molecule has 0 atom stereocenters. The largest absolute Gasteiger partial charge is 0.488 e. The van der Waals surface area contributed by atoms with Crippen molar-refractivity contribution < 1.29 is 9.15 Å². The number of nitrogens with one attached hydrogen (secondary N) is 1. The molecule has 4 nitrogen and oxygen atoms in total. The SMILES string of the molecule is Clc1ccc(-c2nc3cc(NCc4ccccc4OCc4c(Cl)cccc4Cl)ccc3o2)c(Cl)c1. The van der Waals surface area contributed by atoms with Crippen molar-refractivity contribution in [3.05, 3.63) is 110 Å². The van der Waals surface area contributed by atoms with Crippen molar-refractivity contribution >= 4 is 63.2 Å². The van der Waals surface area contributed by atoms with Gasteiger partial charge in [-0.15, -0.1) is 0 Å². The molecule has 0 radical (unpaired) electrons. The van der Waals surface area contributed by atoms with E-state index in [0.29, 0.717) is 49.2 Å². The third-order valence-corrected chi connectivity index (χ3v) is 6.69. The highest BCUT2D eigenvalue weighted by Gasteiger charge is 2.13. The van der Waals surface area contributed by atoms with Gasteiger partial charge in [-0.25, -0.2) is 4.98 Å². The Labute approximate surface area is 222 Å². The molecule has 0 amide bonds. The molecule has 0 bridgehead atoms. The zero-order valence-electron chi connectivity index (χ0n) is 18.2. The molecule has 0 aliphatic heterocycles. The molecule has 176 valence electrons. The second-order valence-corrected chi connectivity index (χ2v) is 9.43. The van der Waals surface area contributed by atoms with Crippen LogP contribution < -0.4 is 10.1 Å². The molecule has 0 saturated heterocycles. The number of aromatic nitrogens is 1. The Balaban J connectivity index is 1.31. The first-order chi connectivity index (χ1) is 17.0. The van der Waals surface area contributed by atoms with E-state index in [2.05, 4.69) is 10.3 Å². The van der Waals surface area contributed by atoms with E-state index < -0.39 is 0 Å². The van der Waals surface area contributed by atoms with Gasteiger partial charge in [-0.2, -0.15) is 0 Å². The van der Waals surface area contributed by atoms with Crippen LogP contribution in [0.1, 0.15) is 11.1 Å². The van der Waals surface area contributed by atoms with Gasteiger partial charge in [0, 0.05) is 38.4 Å². The summed E-state index contributed by atoms with van der Waals surface area (Å²) in [6.07, 6.45) is 0. The third kappa shape index (κ3) is 5.36. The molecule has 0 spiro atoms. The molecule has 0 aliphatic carbocycles. The van der Waals surface area contributed by atoms with E-state index in [-0.39, 0.29) is 6.61 Å². The predicted octanol–water partition coefficient (Wildman–Crippen LogP) is 9.30. The molecule has 0 aliphatic rings. The lowest BCUT2D eigenvalue weighted by Gasteiger charge is -2.14. The van der Waals surface area contributed by atoms with Crippen LogP contribution in [0, 0.1) is 0 Å². The fourth-order valence-electron chi connectivity index (χ4n) is 3.62. The summed E-state index contributed by atoms with van der Waals surface area (Å²) in [6.45, 7) is 0.822. The van der Waals surface area contributed by atoms with Crippen LogP contribution in [0.25, 0.3) is 22.6 Å². The van der Waals surface area contributed by atoms with E-state index in [9.17, 15) is 0 Å². The maximum absolute atomic E-state index is 6.31. The summed E-state index contributed by atoms with van der Waals surface area (Å²) in [4.78, 5) is 4.60. The molecule has 1 heterocycles. The zero-order chi connectivity index (χ0) is 24.4. The number of rotatable bonds is 7. The number of hydrogen-bond donors (Lipinski definition) is 1. The van der Waals surface area contributed by atoms with Gasteiger partial charge in [0.2, 0.25) is 5.89 Å². The van der Waals surface area contributed by atoms with E-state index in [0.717, 1.165) is 22.6 Å². The first kappa shape index (κ1) is 23.8. The van der Waals surface area contributed by atoms with Gasteiger partial charge in [-0.3, -0.25) is 0 Å². The first-order valence-corrected chi connectivity index (χ1v) is 12.2. The van der Waals surface area contributed by atoms with Gasteiger partial charge in [0.15, 0.2) is 5.58 Å². The van der Waals surface area contributed by atoms with Crippen LogP contribution in [0.5, 0.6) is 5.75 Å². The fourth-order valence-corrected chi connectivity index (χ4v) is 4.62. The summed E-state index contributed by atoms with van der Waals surface area (Å²) in [7, 11) is 0. The van der Waals surface area contributed by atoms with Gasteiger partial charge in [0.1, 0.15) is 17.9 Å².